The van der Waals surface area contributed by atoms with Crippen LogP contribution in [0.15, 0.2) is 0 Å². The molecule has 0 radical (unpaired) electrons. The van der Waals surface area contributed by atoms with Crippen LogP contribution in [-0.2, 0) is 4.79 Å². The fourth-order valence-electron chi connectivity index (χ4n) is 2.20. The summed E-state index contributed by atoms with van der Waals surface area (Å²) in [5.74, 6) is 0.951. The Balaban J connectivity index is 1.79. The van der Waals surface area contributed by atoms with Gasteiger partial charge in [0.1, 0.15) is 0 Å². The number of hydrogen-bond acceptors (Lipinski definition) is 2. The van der Waals surface area contributed by atoms with Crippen LogP contribution < -0.4 is 11.1 Å². The van der Waals surface area contributed by atoms with Crippen LogP contribution in [0.5, 0.6) is 0 Å². The average molecular weight is 210 g/mol. The number of amides is 1. The normalized spacial score (nSPS) is 25.5. The lowest BCUT2D eigenvalue weighted by atomic mass is 9.77. The highest BCUT2D eigenvalue weighted by Gasteiger charge is 2.40. The Morgan fingerprint density at radius 1 is 1.53 bits per heavy atom. The van der Waals surface area contributed by atoms with Crippen molar-refractivity contribution in [3.63, 3.8) is 0 Å². The molecule has 3 N–H and O–H groups in total. The second-order valence-electron chi connectivity index (χ2n) is 5.27. The number of nitrogens with two attached hydrogens (primary N) is 1. The first-order valence-electron chi connectivity index (χ1n) is 6.24. The van der Waals surface area contributed by atoms with Crippen molar-refractivity contribution in [2.45, 2.75) is 63.5 Å². The van der Waals surface area contributed by atoms with Gasteiger partial charge in [0.25, 0.3) is 0 Å². The number of carbonyl (C=O) groups is 1. The lowest BCUT2D eigenvalue weighted by molar-refractivity contribution is -0.130. The Bertz CT molecular complexity index is 244. The molecule has 3 heteroatoms. The molecule has 0 bridgehead atoms. The van der Waals surface area contributed by atoms with E-state index in [0.29, 0.717) is 6.04 Å². The van der Waals surface area contributed by atoms with E-state index in [4.69, 9.17) is 5.73 Å². The lowest BCUT2D eigenvalue weighted by Crippen LogP contribution is -2.60. The smallest absolute Gasteiger partial charge is 0.240 e. The molecule has 15 heavy (non-hydrogen) atoms. The third-order valence-electron chi connectivity index (χ3n) is 3.84. The molecule has 2 rings (SSSR count). The van der Waals surface area contributed by atoms with Crippen LogP contribution in [0.2, 0.25) is 0 Å². The largest absolute Gasteiger partial charge is 0.352 e. The molecular formula is C12H22N2O. The van der Waals surface area contributed by atoms with Crippen LogP contribution in [0, 0.1) is 5.92 Å². The van der Waals surface area contributed by atoms with E-state index in [1.54, 1.807) is 0 Å². The summed E-state index contributed by atoms with van der Waals surface area (Å²) in [4.78, 5) is 11.9. The molecule has 0 aromatic rings. The molecule has 0 spiro atoms. The molecule has 1 amide bonds. The molecule has 2 fully saturated rings. The van der Waals surface area contributed by atoms with E-state index >= 15 is 0 Å². The molecule has 3 nitrogen and oxygen atoms in total. The first-order chi connectivity index (χ1) is 7.14. The molecule has 1 unspecified atom stereocenters. The molecule has 0 aromatic heterocycles. The fourth-order valence-corrected chi connectivity index (χ4v) is 2.20. The van der Waals surface area contributed by atoms with E-state index in [1.807, 2.05) is 0 Å². The SMILES string of the molecule is CCC(CC1CC1)NC(=O)C1(N)CCC1. The zero-order valence-electron chi connectivity index (χ0n) is 9.59. The van der Waals surface area contributed by atoms with Gasteiger partial charge in [-0.2, -0.15) is 0 Å². The highest BCUT2D eigenvalue weighted by molar-refractivity contribution is 5.87. The van der Waals surface area contributed by atoms with Gasteiger partial charge in [-0.1, -0.05) is 19.8 Å². The van der Waals surface area contributed by atoms with Crippen molar-refractivity contribution in [1.29, 1.82) is 0 Å². The minimum atomic E-state index is -0.531. The van der Waals surface area contributed by atoms with Gasteiger partial charge in [0.15, 0.2) is 0 Å². The first kappa shape index (κ1) is 10.9. The maximum Gasteiger partial charge on any atom is 0.240 e. The van der Waals surface area contributed by atoms with Crippen molar-refractivity contribution in [2.75, 3.05) is 0 Å². The van der Waals surface area contributed by atoms with E-state index in [0.717, 1.165) is 38.0 Å². The summed E-state index contributed by atoms with van der Waals surface area (Å²) >= 11 is 0. The van der Waals surface area contributed by atoms with Crippen LogP contribution in [0.25, 0.3) is 0 Å². The minimum Gasteiger partial charge on any atom is -0.352 e. The summed E-state index contributed by atoms with van der Waals surface area (Å²) in [6.07, 6.45) is 7.69. The Morgan fingerprint density at radius 2 is 2.20 bits per heavy atom. The first-order valence-corrected chi connectivity index (χ1v) is 6.24. The topological polar surface area (TPSA) is 55.1 Å². The second kappa shape index (κ2) is 4.12. The molecule has 0 saturated heterocycles. The zero-order chi connectivity index (χ0) is 10.9. The highest BCUT2D eigenvalue weighted by atomic mass is 16.2. The van der Waals surface area contributed by atoms with Gasteiger partial charge in [-0.25, -0.2) is 0 Å². The van der Waals surface area contributed by atoms with E-state index in [9.17, 15) is 4.79 Å². The minimum absolute atomic E-state index is 0.0845. The van der Waals surface area contributed by atoms with Crippen molar-refractivity contribution >= 4 is 5.91 Å². The Labute approximate surface area is 91.8 Å². The van der Waals surface area contributed by atoms with Gasteiger partial charge in [0.2, 0.25) is 5.91 Å². The maximum absolute atomic E-state index is 11.9. The monoisotopic (exact) mass is 210 g/mol. The van der Waals surface area contributed by atoms with Gasteiger partial charge in [-0.3, -0.25) is 4.79 Å². The van der Waals surface area contributed by atoms with Crippen molar-refractivity contribution in [1.82, 2.24) is 5.32 Å². The summed E-state index contributed by atoms with van der Waals surface area (Å²) < 4.78 is 0. The Kier molecular flexibility index (Phi) is 3.01. The van der Waals surface area contributed by atoms with Crippen LogP contribution in [0.1, 0.15) is 51.9 Å². The molecule has 1 atom stereocenters. The van der Waals surface area contributed by atoms with Crippen molar-refractivity contribution in [2.24, 2.45) is 11.7 Å². The van der Waals surface area contributed by atoms with Gasteiger partial charge in [-0.05, 0) is 38.0 Å². The number of hydrogen-bond donors (Lipinski definition) is 2. The van der Waals surface area contributed by atoms with Crippen LogP contribution in [0.4, 0.5) is 0 Å². The fraction of sp³-hybridized carbons (Fsp3) is 0.917. The van der Waals surface area contributed by atoms with Crippen LogP contribution >= 0.6 is 0 Å². The Hall–Kier alpha value is -0.570. The van der Waals surface area contributed by atoms with Gasteiger partial charge in [0, 0.05) is 6.04 Å². The van der Waals surface area contributed by atoms with E-state index in [-0.39, 0.29) is 5.91 Å². The number of nitrogens with one attached hydrogen (secondary N) is 1. The van der Waals surface area contributed by atoms with E-state index < -0.39 is 5.54 Å². The molecule has 2 aliphatic rings. The summed E-state index contributed by atoms with van der Waals surface area (Å²) in [7, 11) is 0. The lowest BCUT2D eigenvalue weighted by Gasteiger charge is -2.37. The molecule has 0 aliphatic heterocycles. The number of carbonyl (C=O) groups excluding carboxylic acids is 1. The zero-order valence-corrected chi connectivity index (χ0v) is 9.59. The molecule has 2 aliphatic carbocycles. The standard InChI is InChI=1S/C12H22N2O/c1-2-10(8-9-4-5-9)14-11(15)12(13)6-3-7-12/h9-10H,2-8,13H2,1H3,(H,14,15). The maximum atomic E-state index is 11.9. The van der Waals surface area contributed by atoms with Gasteiger partial charge < -0.3 is 11.1 Å². The van der Waals surface area contributed by atoms with Gasteiger partial charge in [0.05, 0.1) is 5.54 Å². The predicted molar refractivity (Wildman–Crippen MR) is 60.3 cm³/mol. The molecule has 86 valence electrons. The predicted octanol–water partition coefficient (Wildman–Crippen LogP) is 1.56. The van der Waals surface area contributed by atoms with Crippen LogP contribution in [0.3, 0.4) is 0 Å². The summed E-state index contributed by atoms with van der Waals surface area (Å²) in [5.41, 5.74) is 5.45. The molecule has 0 heterocycles. The summed E-state index contributed by atoms with van der Waals surface area (Å²) in [6.45, 7) is 2.14. The van der Waals surface area contributed by atoms with Crippen molar-refractivity contribution in [3.8, 4) is 0 Å². The molecule has 2 saturated carbocycles. The average Bonchev–Trinajstić information content (AvgIpc) is 2.96. The Morgan fingerprint density at radius 3 is 2.60 bits per heavy atom. The summed E-state index contributed by atoms with van der Waals surface area (Å²) in [6, 6.07) is 0.353. The third kappa shape index (κ3) is 2.51. The third-order valence-corrected chi connectivity index (χ3v) is 3.84. The summed E-state index contributed by atoms with van der Waals surface area (Å²) in [5, 5.41) is 3.12. The van der Waals surface area contributed by atoms with E-state index in [1.165, 1.54) is 12.8 Å². The van der Waals surface area contributed by atoms with Gasteiger partial charge >= 0.3 is 0 Å². The second-order valence-corrected chi connectivity index (χ2v) is 5.27. The van der Waals surface area contributed by atoms with Gasteiger partial charge in [-0.15, -0.1) is 0 Å². The quantitative estimate of drug-likeness (QED) is 0.723. The van der Waals surface area contributed by atoms with Crippen molar-refractivity contribution in [3.05, 3.63) is 0 Å². The van der Waals surface area contributed by atoms with Crippen molar-refractivity contribution < 1.29 is 4.79 Å². The van der Waals surface area contributed by atoms with Crippen LogP contribution in [-0.4, -0.2) is 17.5 Å². The molecular weight excluding hydrogens is 188 g/mol. The van der Waals surface area contributed by atoms with E-state index in [2.05, 4.69) is 12.2 Å². The highest BCUT2D eigenvalue weighted by Crippen LogP contribution is 2.34. The number of rotatable bonds is 5. The molecule has 0 aromatic carbocycles.